The lowest BCUT2D eigenvalue weighted by atomic mass is 10.1. The van der Waals surface area contributed by atoms with E-state index in [4.69, 9.17) is 5.11 Å². The molecule has 1 atom stereocenters. The van der Waals surface area contributed by atoms with Gasteiger partial charge in [0.25, 0.3) is 5.91 Å². The van der Waals surface area contributed by atoms with Gasteiger partial charge >= 0.3 is 0 Å². The molecule has 5 heteroatoms. The zero-order valence-electron chi connectivity index (χ0n) is 10.1. The number of rotatable bonds is 4. The first-order valence-electron chi connectivity index (χ1n) is 6.20. The molecule has 0 radical (unpaired) electrons. The summed E-state index contributed by atoms with van der Waals surface area (Å²) in [5.74, 6) is -0.573. The van der Waals surface area contributed by atoms with Crippen LogP contribution in [0.1, 0.15) is 29.6 Å². The van der Waals surface area contributed by atoms with Crippen molar-refractivity contribution >= 4 is 5.91 Å². The molecule has 1 saturated heterocycles. The van der Waals surface area contributed by atoms with Gasteiger partial charge in [-0.15, -0.1) is 0 Å². The van der Waals surface area contributed by atoms with Crippen molar-refractivity contribution in [2.75, 3.05) is 13.1 Å². The van der Waals surface area contributed by atoms with Gasteiger partial charge in [0, 0.05) is 18.7 Å². The van der Waals surface area contributed by atoms with Crippen LogP contribution in [0.3, 0.4) is 0 Å². The molecule has 4 N–H and O–H groups in total. The first-order valence-corrected chi connectivity index (χ1v) is 6.20. The zero-order valence-corrected chi connectivity index (χ0v) is 10.1. The molecule has 1 fully saturated rings. The number of hydrogen-bond acceptors (Lipinski definition) is 4. The second-order valence-corrected chi connectivity index (χ2v) is 4.54. The maximum atomic E-state index is 11.8. The Morgan fingerprint density at radius 2 is 2.28 bits per heavy atom. The number of hydrogen-bond donors (Lipinski definition) is 4. The van der Waals surface area contributed by atoms with Crippen molar-refractivity contribution in [2.24, 2.45) is 0 Å². The van der Waals surface area contributed by atoms with Crippen LogP contribution in [0.4, 0.5) is 0 Å². The Morgan fingerprint density at radius 3 is 2.94 bits per heavy atom. The Hall–Kier alpha value is -1.75. The summed E-state index contributed by atoms with van der Waals surface area (Å²) in [5, 5.41) is 24.8. The average Bonchev–Trinajstić information content (AvgIpc) is 2.81. The van der Waals surface area contributed by atoms with Crippen molar-refractivity contribution in [3.63, 3.8) is 0 Å². The van der Waals surface area contributed by atoms with Crippen LogP contribution in [0.5, 0.6) is 11.5 Å². The Morgan fingerprint density at radius 1 is 1.44 bits per heavy atom. The highest BCUT2D eigenvalue weighted by Gasteiger charge is 2.15. The lowest BCUT2D eigenvalue weighted by Gasteiger charge is -2.11. The maximum Gasteiger partial charge on any atom is 0.255 e. The van der Waals surface area contributed by atoms with Gasteiger partial charge in [0.1, 0.15) is 11.5 Å². The first-order chi connectivity index (χ1) is 8.66. The van der Waals surface area contributed by atoms with E-state index in [2.05, 4.69) is 10.6 Å². The minimum atomic E-state index is -0.314. The third kappa shape index (κ3) is 3.13. The molecule has 1 aliphatic rings. The lowest BCUT2D eigenvalue weighted by molar-refractivity contribution is 0.0949. The van der Waals surface area contributed by atoms with Gasteiger partial charge in [0.15, 0.2) is 0 Å². The van der Waals surface area contributed by atoms with Gasteiger partial charge in [-0.3, -0.25) is 4.79 Å². The molecule has 0 aliphatic carbocycles. The monoisotopic (exact) mass is 250 g/mol. The Kier molecular flexibility index (Phi) is 4.04. The van der Waals surface area contributed by atoms with Crippen LogP contribution in [0.15, 0.2) is 18.2 Å². The molecule has 1 heterocycles. The van der Waals surface area contributed by atoms with E-state index in [0.717, 1.165) is 25.5 Å². The van der Waals surface area contributed by atoms with Gasteiger partial charge in [-0.1, -0.05) is 0 Å². The summed E-state index contributed by atoms with van der Waals surface area (Å²) >= 11 is 0. The zero-order chi connectivity index (χ0) is 13.0. The number of benzene rings is 1. The van der Waals surface area contributed by atoms with E-state index in [1.54, 1.807) is 0 Å². The normalized spacial score (nSPS) is 18.8. The predicted molar refractivity (Wildman–Crippen MR) is 67.7 cm³/mol. The SMILES string of the molecule is O=C(NCC[C@@H]1CCCN1)c1ccc(O)cc1O. The molecule has 0 saturated carbocycles. The van der Waals surface area contributed by atoms with E-state index < -0.39 is 0 Å². The van der Waals surface area contributed by atoms with Crippen molar-refractivity contribution in [2.45, 2.75) is 25.3 Å². The minimum Gasteiger partial charge on any atom is -0.508 e. The maximum absolute atomic E-state index is 11.8. The topological polar surface area (TPSA) is 81.6 Å². The van der Waals surface area contributed by atoms with E-state index in [1.807, 2.05) is 0 Å². The first kappa shape index (κ1) is 12.7. The van der Waals surface area contributed by atoms with Crippen LogP contribution in [0, 0.1) is 0 Å². The molecule has 0 spiro atoms. The van der Waals surface area contributed by atoms with Crippen molar-refractivity contribution < 1.29 is 15.0 Å². The molecule has 1 aliphatic heterocycles. The van der Waals surface area contributed by atoms with E-state index in [1.165, 1.54) is 18.6 Å². The molecule has 1 amide bonds. The number of aromatic hydroxyl groups is 2. The third-order valence-electron chi connectivity index (χ3n) is 3.17. The van der Waals surface area contributed by atoms with E-state index >= 15 is 0 Å². The number of carbonyl (C=O) groups is 1. The average molecular weight is 250 g/mol. The summed E-state index contributed by atoms with van der Waals surface area (Å²) in [6.45, 7) is 1.63. The molecule has 0 bridgehead atoms. The van der Waals surface area contributed by atoms with Crippen LogP contribution in [-0.4, -0.2) is 35.3 Å². The molecule has 5 nitrogen and oxygen atoms in total. The number of nitrogens with one attached hydrogen (secondary N) is 2. The highest BCUT2D eigenvalue weighted by atomic mass is 16.3. The standard InChI is InChI=1S/C13H18N2O3/c16-10-3-4-11(12(17)8-10)13(18)15-7-5-9-2-1-6-14-9/h3-4,8-9,14,16-17H,1-2,5-7H2,(H,15,18)/t9-/m0/s1. The van der Waals surface area contributed by atoms with E-state index in [-0.39, 0.29) is 23.0 Å². The summed E-state index contributed by atoms with van der Waals surface area (Å²) in [6.07, 6.45) is 3.24. The molecule has 2 rings (SSSR count). The summed E-state index contributed by atoms with van der Waals surface area (Å²) < 4.78 is 0. The van der Waals surface area contributed by atoms with Crippen molar-refractivity contribution in [3.05, 3.63) is 23.8 Å². The van der Waals surface area contributed by atoms with Gasteiger partial charge in [-0.05, 0) is 37.9 Å². The van der Waals surface area contributed by atoms with Crippen LogP contribution >= 0.6 is 0 Å². The number of phenolic OH excluding ortho intramolecular Hbond substituents is 2. The predicted octanol–water partition coefficient (Wildman–Crippen LogP) is 0.970. The van der Waals surface area contributed by atoms with E-state index in [9.17, 15) is 9.90 Å². The number of amides is 1. The molecule has 98 valence electrons. The fourth-order valence-corrected chi connectivity index (χ4v) is 2.17. The largest absolute Gasteiger partial charge is 0.508 e. The summed E-state index contributed by atoms with van der Waals surface area (Å²) in [4.78, 5) is 11.8. The molecule has 1 aromatic carbocycles. The smallest absolute Gasteiger partial charge is 0.255 e. The summed E-state index contributed by atoms with van der Waals surface area (Å²) in [5.41, 5.74) is 0.187. The third-order valence-corrected chi connectivity index (χ3v) is 3.17. The lowest BCUT2D eigenvalue weighted by Crippen LogP contribution is -2.30. The quantitative estimate of drug-likeness (QED) is 0.642. The highest BCUT2D eigenvalue weighted by Crippen LogP contribution is 2.22. The fourth-order valence-electron chi connectivity index (χ4n) is 2.17. The van der Waals surface area contributed by atoms with Crippen molar-refractivity contribution in [1.82, 2.24) is 10.6 Å². The minimum absolute atomic E-state index is 0.0563. The summed E-state index contributed by atoms with van der Waals surface area (Å²) in [6, 6.07) is 4.44. The molecule has 18 heavy (non-hydrogen) atoms. The number of phenols is 2. The summed E-state index contributed by atoms with van der Waals surface area (Å²) in [7, 11) is 0. The van der Waals surface area contributed by atoms with Crippen molar-refractivity contribution in [3.8, 4) is 11.5 Å². The van der Waals surface area contributed by atoms with Crippen molar-refractivity contribution in [1.29, 1.82) is 0 Å². The van der Waals surface area contributed by atoms with Gasteiger partial charge in [-0.25, -0.2) is 0 Å². The second-order valence-electron chi connectivity index (χ2n) is 4.54. The molecule has 0 unspecified atom stereocenters. The molecular weight excluding hydrogens is 232 g/mol. The second kappa shape index (κ2) is 5.73. The van der Waals surface area contributed by atoms with E-state index in [0.29, 0.717) is 12.6 Å². The molecular formula is C13H18N2O3. The Bertz CT molecular complexity index is 428. The van der Waals surface area contributed by atoms with Crippen LogP contribution in [0.2, 0.25) is 0 Å². The molecule has 1 aromatic rings. The van der Waals surface area contributed by atoms with Crippen LogP contribution in [0.25, 0.3) is 0 Å². The highest BCUT2D eigenvalue weighted by molar-refractivity contribution is 5.96. The van der Waals surface area contributed by atoms with Crippen LogP contribution < -0.4 is 10.6 Å². The Balaban J connectivity index is 1.83. The van der Waals surface area contributed by atoms with Gasteiger partial charge in [0.05, 0.1) is 5.56 Å². The molecule has 0 aromatic heterocycles. The fraction of sp³-hybridized carbons (Fsp3) is 0.462. The van der Waals surface area contributed by atoms with Gasteiger partial charge in [0.2, 0.25) is 0 Å². The number of carbonyl (C=O) groups excluding carboxylic acids is 1. The van der Waals surface area contributed by atoms with Gasteiger partial charge < -0.3 is 20.8 Å². The van der Waals surface area contributed by atoms with Crippen LogP contribution in [-0.2, 0) is 0 Å². The Labute approximate surface area is 106 Å². The van der Waals surface area contributed by atoms with Gasteiger partial charge in [-0.2, -0.15) is 0 Å².